The molecule has 0 saturated heterocycles. The van der Waals surface area contributed by atoms with Crippen LogP contribution in [0.1, 0.15) is 16.7 Å². The molecule has 0 aliphatic rings. The molecule has 0 atom stereocenters. The van der Waals surface area contributed by atoms with E-state index in [9.17, 15) is 15.8 Å². The van der Waals surface area contributed by atoms with Gasteiger partial charge in [-0.05, 0) is 108 Å². The third kappa shape index (κ3) is 4.74. The number of rotatable bonds is 4. The minimum atomic E-state index is 0.531. The molecule has 0 amide bonds. The SMILES string of the molecule is N#Cc1cc(-c2ccc(-n3c4ccccc4c4c(-n5c6ccccc6c6ccccc65)cccc43)cc2)cc(-n2c3ccc(C#N)cc3c3cc(C#N)ccc32)c1. The molecule has 11 aromatic rings. The summed E-state index contributed by atoms with van der Waals surface area (Å²) in [5.41, 5.74) is 12.8. The highest BCUT2D eigenvalue weighted by Crippen LogP contribution is 2.40. The Bertz CT molecular complexity index is 3490. The number of benzene rings is 8. The largest absolute Gasteiger partial charge is 0.309 e. The standard InChI is InChI=1S/C51H28N6/c52-29-32-16-22-47-42(26-32)43-27-33(30-53)17-23-48(43)56(47)38-25-34(31-54)24-36(28-38)35-18-20-37(21-19-35)55-46-13-6-3-10-41(46)51-49(55)14-7-15-50(51)57-44-11-4-1-8-39(44)40-9-2-5-12-45(40)57/h1-28H. The van der Waals surface area contributed by atoms with Crippen molar-refractivity contribution in [3.8, 4) is 46.4 Å². The Hall–Kier alpha value is -8.37. The lowest BCUT2D eigenvalue weighted by Crippen LogP contribution is -1.97. The van der Waals surface area contributed by atoms with E-state index in [2.05, 4.69) is 153 Å². The maximum absolute atomic E-state index is 10.2. The van der Waals surface area contributed by atoms with E-state index in [-0.39, 0.29) is 0 Å². The highest BCUT2D eigenvalue weighted by Gasteiger charge is 2.20. The van der Waals surface area contributed by atoms with Crippen molar-refractivity contribution in [2.24, 2.45) is 0 Å². The molecule has 0 aliphatic carbocycles. The lowest BCUT2D eigenvalue weighted by atomic mass is 10.0. The van der Waals surface area contributed by atoms with Gasteiger partial charge in [0.15, 0.2) is 0 Å². The van der Waals surface area contributed by atoms with Crippen LogP contribution in [0, 0.1) is 34.0 Å². The second-order valence-electron chi connectivity index (χ2n) is 14.3. The quantitative estimate of drug-likeness (QED) is 0.181. The van der Waals surface area contributed by atoms with Crippen LogP contribution in [0.25, 0.3) is 93.6 Å². The van der Waals surface area contributed by atoms with Gasteiger partial charge in [-0.15, -0.1) is 0 Å². The zero-order valence-corrected chi connectivity index (χ0v) is 30.3. The molecule has 0 unspecified atom stereocenters. The highest BCUT2D eigenvalue weighted by atomic mass is 15.0. The minimum absolute atomic E-state index is 0.531. The summed E-state index contributed by atoms with van der Waals surface area (Å²) < 4.78 is 6.85. The molecule has 0 N–H and O–H groups in total. The van der Waals surface area contributed by atoms with Gasteiger partial charge in [0.25, 0.3) is 0 Å². The van der Waals surface area contributed by atoms with E-state index in [0.717, 1.165) is 61.0 Å². The van der Waals surface area contributed by atoms with Gasteiger partial charge in [-0.2, -0.15) is 15.8 Å². The van der Waals surface area contributed by atoms with Crippen molar-refractivity contribution < 1.29 is 0 Å². The van der Waals surface area contributed by atoms with Crippen LogP contribution < -0.4 is 0 Å². The normalized spacial score (nSPS) is 11.5. The summed E-state index contributed by atoms with van der Waals surface area (Å²) in [5, 5.41) is 36.2. The monoisotopic (exact) mass is 724 g/mol. The molecule has 3 heterocycles. The first-order chi connectivity index (χ1) is 28.1. The van der Waals surface area contributed by atoms with Crippen LogP contribution in [0.2, 0.25) is 0 Å². The third-order valence-electron chi connectivity index (χ3n) is 11.3. The first-order valence-corrected chi connectivity index (χ1v) is 18.7. The number of fused-ring (bicyclic) bond motifs is 9. The van der Waals surface area contributed by atoms with Gasteiger partial charge in [-0.3, -0.25) is 0 Å². The summed E-state index contributed by atoms with van der Waals surface area (Å²) in [6.07, 6.45) is 0. The van der Waals surface area contributed by atoms with Crippen molar-refractivity contribution in [3.05, 3.63) is 187 Å². The van der Waals surface area contributed by atoms with E-state index in [1.807, 2.05) is 36.4 Å². The van der Waals surface area contributed by atoms with Crippen molar-refractivity contribution >= 4 is 65.4 Å². The Kier molecular flexibility index (Phi) is 6.95. The van der Waals surface area contributed by atoms with Gasteiger partial charge in [0, 0.05) is 43.7 Å². The molecular weight excluding hydrogens is 697 g/mol. The smallest absolute Gasteiger partial charge is 0.0992 e. The van der Waals surface area contributed by atoms with E-state index >= 15 is 0 Å². The van der Waals surface area contributed by atoms with Gasteiger partial charge in [0.05, 0.1) is 73.7 Å². The summed E-state index contributed by atoms with van der Waals surface area (Å²) >= 11 is 0. The van der Waals surface area contributed by atoms with E-state index in [4.69, 9.17) is 0 Å². The minimum Gasteiger partial charge on any atom is -0.309 e. The molecule has 262 valence electrons. The van der Waals surface area contributed by atoms with Gasteiger partial charge in [-0.25, -0.2) is 0 Å². The van der Waals surface area contributed by atoms with E-state index < -0.39 is 0 Å². The summed E-state index contributed by atoms with van der Waals surface area (Å²) in [6, 6.07) is 65.0. The predicted molar refractivity (Wildman–Crippen MR) is 229 cm³/mol. The molecule has 57 heavy (non-hydrogen) atoms. The molecule has 8 aromatic carbocycles. The molecule has 0 aliphatic heterocycles. The summed E-state index contributed by atoms with van der Waals surface area (Å²) in [6.45, 7) is 0. The number of nitriles is 3. The van der Waals surface area contributed by atoms with E-state index in [1.54, 1.807) is 12.1 Å². The topological polar surface area (TPSA) is 86.2 Å². The van der Waals surface area contributed by atoms with Gasteiger partial charge in [-0.1, -0.05) is 72.8 Å². The predicted octanol–water partition coefficient (Wildman–Crippen LogP) is 12.3. The van der Waals surface area contributed by atoms with Crippen molar-refractivity contribution in [1.29, 1.82) is 15.8 Å². The van der Waals surface area contributed by atoms with Crippen LogP contribution in [0.4, 0.5) is 0 Å². The summed E-state index contributed by atoms with van der Waals surface area (Å²) in [5.74, 6) is 0. The molecule has 6 heteroatoms. The molecule has 0 fully saturated rings. The van der Waals surface area contributed by atoms with Gasteiger partial charge >= 0.3 is 0 Å². The van der Waals surface area contributed by atoms with Crippen LogP contribution in [-0.2, 0) is 0 Å². The maximum Gasteiger partial charge on any atom is 0.0992 e. The number of aromatic nitrogens is 3. The van der Waals surface area contributed by atoms with Crippen molar-refractivity contribution in [2.75, 3.05) is 0 Å². The zero-order chi connectivity index (χ0) is 38.2. The molecule has 0 spiro atoms. The van der Waals surface area contributed by atoms with Crippen LogP contribution in [0.5, 0.6) is 0 Å². The van der Waals surface area contributed by atoms with Gasteiger partial charge in [0.2, 0.25) is 0 Å². The Labute approximate surface area is 326 Å². The maximum atomic E-state index is 10.2. The number of para-hydroxylation sites is 3. The van der Waals surface area contributed by atoms with E-state index in [0.29, 0.717) is 16.7 Å². The average molecular weight is 725 g/mol. The Balaban J connectivity index is 1.07. The third-order valence-corrected chi connectivity index (χ3v) is 11.3. The van der Waals surface area contributed by atoms with Crippen molar-refractivity contribution in [1.82, 2.24) is 13.7 Å². The fraction of sp³-hybridized carbons (Fsp3) is 0. The first kappa shape index (κ1) is 32.1. The Morgan fingerprint density at radius 1 is 0.316 bits per heavy atom. The number of hydrogen-bond donors (Lipinski definition) is 0. The number of hydrogen-bond acceptors (Lipinski definition) is 3. The second-order valence-corrected chi connectivity index (χ2v) is 14.3. The van der Waals surface area contributed by atoms with Gasteiger partial charge < -0.3 is 13.7 Å². The molecule has 0 bridgehead atoms. The Morgan fingerprint density at radius 2 is 0.825 bits per heavy atom. The second kappa shape index (κ2) is 12.3. The fourth-order valence-electron chi connectivity index (χ4n) is 8.86. The lowest BCUT2D eigenvalue weighted by molar-refractivity contribution is 1.17. The molecule has 6 nitrogen and oxygen atoms in total. The fourth-order valence-corrected chi connectivity index (χ4v) is 8.86. The van der Waals surface area contributed by atoms with Crippen molar-refractivity contribution in [2.45, 2.75) is 0 Å². The average Bonchev–Trinajstić information content (AvgIpc) is 3.91. The van der Waals surface area contributed by atoms with Crippen LogP contribution in [-0.4, -0.2) is 13.7 Å². The molecule has 11 rings (SSSR count). The molecule has 3 aromatic heterocycles. The zero-order valence-electron chi connectivity index (χ0n) is 30.3. The Morgan fingerprint density at radius 3 is 1.42 bits per heavy atom. The van der Waals surface area contributed by atoms with Crippen LogP contribution in [0.3, 0.4) is 0 Å². The molecular formula is C51H28N6. The summed E-state index contributed by atoms with van der Waals surface area (Å²) in [7, 11) is 0. The molecule has 0 radical (unpaired) electrons. The van der Waals surface area contributed by atoms with Gasteiger partial charge in [0.1, 0.15) is 0 Å². The van der Waals surface area contributed by atoms with E-state index in [1.165, 1.54) is 32.6 Å². The van der Waals surface area contributed by atoms with Crippen molar-refractivity contribution in [3.63, 3.8) is 0 Å². The lowest BCUT2D eigenvalue weighted by Gasteiger charge is -2.13. The first-order valence-electron chi connectivity index (χ1n) is 18.7. The molecule has 0 saturated carbocycles. The highest BCUT2D eigenvalue weighted by molar-refractivity contribution is 6.16. The van der Waals surface area contributed by atoms with Crippen LogP contribution >= 0.6 is 0 Å². The number of nitrogens with zero attached hydrogens (tertiary/aromatic N) is 6. The summed E-state index contributed by atoms with van der Waals surface area (Å²) in [4.78, 5) is 0. The van der Waals surface area contributed by atoms with Crippen LogP contribution in [0.15, 0.2) is 170 Å².